The highest BCUT2D eigenvalue weighted by molar-refractivity contribution is 7.88. The van der Waals surface area contributed by atoms with Crippen LogP contribution < -0.4 is 4.90 Å². The number of piperazine rings is 1. The number of sulfonamides is 1. The Bertz CT molecular complexity index is 619. The lowest BCUT2D eigenvalue weighted by molar-refractivity contribution is 0.0696. The minimum atomic E-state index is -3.13. The first-order chi connectivity index (χ1) is 9.29. The Morgan fingerprint density at radius 2 is 1.80 bits per heavy atom. The van der Waals surface area contributed by atoms with Gasteiger partial charge in [-0.05, 0) is 30.7 Å². The first-order valence-corrected chi connectivity index (χ1v) is 8.18. The molecule has 1 N–H and O–H groups in total. The molecule has 0 aliphatic carbocycles. The summed E-state index contributed by atoms with van der Waals surface area (Å²) in [5.41, 5.74) is 1.93. The summed E-state index contributed by atoms with van der Waals surface area (Å²) >= 11 is 0. The summed E-state index contributed by atoms with van der Waals surface area (Å²) in [5.74, 6) is -0.934. The minimum Gasteiger partial charge on any atom is -0.478 e. The Labute approximate surface area is 118 Å². The lowest BCUT2D eigenvalue weighted by Gasteiger charge is -2.35. The fraction of sp³-hybridized carbons (Fsp3) is 0.462. The van der Waals surface area contributed by atoms with Crippen molar-refractivity contribution in [1.82, 2.24) is 4.31 Å². The van der Waals surface area contributed by atoms with Gasteiger partial charge < -0.3 is 10.0 Å². The molecule has 7 heteroatoms. The van der Waals surface area contributed by atoms with Gasteiger partial charge >= 0.3 is 5.97 Å². The van der Waals surface area contributed by atoms with E-state index in [1.54, 1.807) is 19.1 Å². The molecule has 0 saturated carbocycles. The fourth-order valence-electron chi connectivity index (χ4n) is 2.36. The zero-order valence-electron chi connectivity index (χ0n) is 11.5. The molecule has 2 rings (SSSR count). The SMILES string of the molecule is Cc1cc(N2CCN(S(C)(=O)=O)CC2)ccc1C(=O)O. The molecule has 1 saturated heterocycles. The van der Waals surface area contributed by atoms with Gasteiger partial charge in [0.2, 0.25) is 10.0 Å². The molecule has 0 atom stereocenters. The number of carboxylic acids is 1. The number of nitrogens with zero attached hydrogens (tertiary/aromatic N) is 2. The van der Waals surface area contributed by atoms with Crippen molar-refractivity contribution in [3.05, 3.63) is 29.3 Å². The topological polar surface area (TPSA) is 77.9 Å². The highest BCUT2D eigenvalue weighted by Gasteiger charge is 2.23. The van der Waals surface area contributed by atoms with Crippen LogP contribution in [0.4, 0.5) is 5.69 Å². The molecule has 1 aliphatic heterocycles. The third-order valence-corrected chi connectivity index (χ3v) is 4.82. The van der Waals surface area contributed by atoms with E-state index < -0.39 is 16.0 Å². The summed E-state index contributed by atoms with van der Waals surface area (Å²) in [4.78, 5) is 13.0. The van der Waals surface area contributed by atoms with E-state index in [2.05, 4.69) is 4.90 Å². The van der Waals surface area contributed by atoms with Gasteiger partial charge in [-0.25, -0.2) is 13.2 Å². The van der Waals surface area contributed by atoms with E-state index in [0.29, 0.717) is 37.3 Å². The van der Waals surface area contributed by atoms with Gasteiger partial charge in [0.1, 0.15) is 0 Å². The Kier molecular flexibility index (Phi) is 4.01. The van der Waals surface area contributed by atoms with E-state index in [1.807, 2.05) is 6.07 Å². The monoisotopic (exact) mass is 298 g/mol. The van der Waals surface area contributed by atoms with Crippen LogP contribution >= 0.6 is 0 Å². The van der Waals surface area contributed by atoms with Gasteiger partial charge in [-0.2, -0.15) is 4.31 Å². The van der Waals surface area contributed by atoms with Crippen LogP contribution in [0, 0.1) is 6.92 Å². The van der Waals surface area contributed by atoms with Crippen LogP contribution in [0.3, 0.4) is 0 Å². The first kappa shape index (κ1) is 14.8. The molecule has 1 heterocycles. The molecule has 0 spiro atoms. The largest absolute Gasteiger partial charge is 0.478 e. The standard InChI is InChI=1S/C13H18N2O4S/c1-10-9-11(3-4-12(10)13(16)17)14-5-7-15(8-6-14)20(2,18)19/h3-4,9H,5-8H2,1-2H3,(H,16,17). The maximum atomic E-state index is 11.4. The van der Waals surface area contributed by atoms with E-state index in [0.717, 1.165) is 5.69 Å². The number of aromatic carboxylic acids is 1. The Hall–Kier alpha value is -1.60. The minimum absolute atomic E-state index is 0.295. The van der Waals surface area contributed by atoms with Crippen LogP contribution in [-0.4, -0.2) is 56.2 Å². The van der Waals surface area contributed by atoms with E-state index in [-0.39, 0.29) is 0 Å². The van der Waals surface area contributed by atoms with Gasteiger partial charge in [-0.15, -0.1) is 0 Å². The molecule has 1 fully saturated rings. The van der Waals surface area contributed by atoms with Crippen LogP contribution in [-0.2, 0) is 10.0 Å². The molecule has 1 aromatic carbocycles. The molecule has 110 valence electrons. The van der Waals surface area contributed by atoms with Crippen molar-refractivity contribution in [2.24, 2.45) is 0 Å². The summed E-state index contributed by atoms with van der Waals surface area (Å²) in [6, 6.07) is 5.20. The normalized spacial score (nSPS) is 17.2. The van der Waals surface area contributed by atoms with Crippen molar-refractivity contribution in [3.8, 4) is 0 Å². The molecular formula is C13H18N2O4S. The van der Waals surface area contributed by atoms with E-state index in [9.17, 15) is 13.2 Å². The highest BCUT2D eigenvalue weighted by atomic mass is 32.2. The zero-order chi connectivity index (χ0) is 14.9. The van der Waals surface area contributed by atoms with Gasteiger partial charge in [0.05, 0.1) is 11.8 Å². The quantitative estimate of drug-likeness (QED) is 0.892. The van der Waals surface area contributed by atoms with Crippen molar-refractivity contribution in [2.45, 2.75) is 6.92 Å². The second-order valence-electron chi connectivity index (χ2n) is 4.95. The molecule has 20 heavy (non-hydrogen) atoms. The third-order valence-electron chi connectivity index (χ3n) is 3.51. The van der Waals surface area contributed by atoms with Crippen molar-refractivity contribution >= 4 is 21.7 Å². The fourth-order valence-corrected chi connectivity index (χ4v) is 3.19. The highest BCUT2D eigenvalue weighted by Crippen LogP contribution is 2.21. The predicted octanol–water partition coefficient (Wildman–Crippen LogP) is 0.775. The number of hydrogen-bond donors (Lipinski definition) is 1. The Morgan fingerprint density at radius 3 is 2.25 bits per heavy atom. The average molecular weight is 298 g/mol. The summed E-state index contributed by atoms with van der Waals surface area (Å²) in [6.07, 6.45) is 1.22. The number of anilines is 1. The van der Waals surface area contributed by atoms with Crippen LogP contribution in [0.2, 0.25) is 0 Å². The summed E-state index contributed by atoms with van der Waals surface area (Å²) in [7, 11) is -3.13. The van der Waals surface area contributed by atoms with Crippen molar-refractivity contribution in [1.29, 1.82) is 0 Å². The zero-order valence-corrected chi connectivity index (χ0v) is 12.4. The van der Waals surface area contributed by atoms with E-state index in [1.165, 1.54) is 10.6 Å². The summed E-state index contributed by atoms with van der Waals surface area (Å²) < 4.78 is 24.4. The van der Waals surface area contributed by atoms with Gasteiger partial charge in [0.15, 0.2) is 0 Å². The maximum Gasteiger partial charge on any atom is 0.335 e. The van der Waals surface area contributed by atoms with E-state index >= 15 is 0 Å². The maximum absolute atomic E-state index is 11.4. The number of hydrogen-bond acceptors (Lipinski definition) is 4. The van der Waals surface area contributed by atoms with Crippen LogP contribution in [0.5, 0.6) is 0 Å². The van der Waals surface area contributed by atoms with Gasteiger partial charge in [-0.1, -0.05) is 0 Å². The first-order valence-electron chi connectivity index (χ1n) is 6.33. The second-order valence-corrected chi connectivity index (χ2v) is 6.94. The molecular weight excluding hydrogens is 280 g/mol. The van der Waals surface area contributed by atoms with E-state index in [4.69, 9.17) is 5.11 Å². The molecule has 0 bridgehead atoms. The van der Waals surface area contributed by atoms with Crippen molar-refractivity contribution < 1.29 is 18.3 Å². The Morgan fingerprint density at radius 1 is 1.20 bits per heavy atom. The van der Waals surface area contributed by atoms with Gasteiger partial charge in [0, 0.05) is 31.9 Å². The summed E-state index contributed by atoms with van der Waals surface area (Å²) in [5, 5.41) is 9.00. The number of carbonyl (C=O) groups is 1. The summed E-state index contributed by atoms with van der Waals surface area (Å²) in [6.45, 7) is 3.90. The molecule has 6 nitrogen and oxygen atoms in total. The van der Waals surface area contributed by atoms with Gasteiger partial charge in [-0.3, -0.25) is 0 Å². The number of benzene rings is 1. The third kappa shape index (κ3) is 3.10. The Balaban J connectivity index is 2.11. The van der Waals surface area contributed by atoms with Crippen LogP contribution in [0.15, 0.2) is 18.2 Å². The number of carboxylic acid groups (broad SMARTS) is 1. The molecule has 1 aliphatic rings. The van der Waals surface area contributed by atoms with Gasteiger partial charge in [0.25, 0.3) is 0 Å². The van der Waals surface area contributed by atoms with Crippen molar-refractivity contribution in [2.75, 3.05) is 37.3 Å². The van der Waals surface area contributed by atoms with Crippen LogP contribution in [0.25, 0.3) is 0 Å². The second kappa shape index (κ2) is 5.41. The molecule has 1 aromatic rings. The van der Waals surface area contributed by atoms with Crippen molar-refractivity contribution in [3.63, 3.8) is 0 Å². The molecule has 0 aromatic heterocycles. The average Bonchev–Trinajstić information content (AvgIpc) is 2.37. The lowest BCUT2D eigenvalue weighted by Crippen LogP contribution is -2.48. The molecule has 0 unspecified atom stereocenters. The lowest BCUT2D eigenvalue weighted by atomic mass is 10.1. The van der Waals surface area contributed by atoms with Crippen LogP contribution in [0.1, 0.15) is 15.9 Å². The molecule has 0 radical (unpaired) electrons. The smallest absolute Gasteiger partial charge is 0.335 e. The number of rotatable bonds is 3. The number of aryl methyl sites for hydroxylation is 1. The predicted molar refractivity (Wildman–Crippen MR) is 76.8 cm³/mol. The molecule has 0 amide bonds.